The highest BCUT2D eigenvalue weighted by atomic mass is 35.5. The summed E-state index contributed by atoms with van der Waals surface area (Å²) in [4.78, 5) is 28.9. The summed E-state index contributed by atoms with van der Waals surface area (Å²) in [6, 6.07) is 20.4. The van der Waals surface area contributed by atoms with E-state index < -0.39 is 11.9 Å². The first-order valence-electron chi connectivity index (χ1n) is 12.4. The lowest BCUT2D eigenvalue weighted by atomic mass is 9.98. The van der Waals surface area contributed by atoms with E-state index in [4.69, 9.17) is 30.0 Å². The van der Waals surface area contributed by atoms with Crippen molar-refractivity contribution >= 4 is 34.3 Å². The molecule has 196 valence electrons. The highest BCUT2D eigenvalue weighted by molar-refractivity contribution is 6.31. The van der Waals surface area contributed by atoms with Gasteiger partial charge in [0.15, 0.2) is 22.7 Å². The fourth-order valence-corrected chi connectivity index (χ4v) is 4.98. The Hall–Kier alpha value is -4.56. The van der Waals surface area contributed by atoms with Gasteiger partial charge in [0.25, 0.3) is 5.91 Å². The van der Waals surface area contributed by atoms with E-state index in [9.17, 15) is 9.59 Å². The number of carbonyl (C=O) groups is 1. The molecule has 3 aromatic carbocycles. The molecule has 0 saturated carbocycles. The molecule has 0 aliphatic carbocycles. The number of ether oxygens (including phenoxy) is 2. The average molecular weight is 543 g/mol. The summed E-state index contributed by atoms with van der Waals surface area (Å²) in [5, 5.41) is 5.06. The van der Waals surface area contributed by atoms with Gasteiger partial charge in [-0.2, -0.15) is 0 Å². The molecular weight excluding hydrogens is 520 g/mol. The number of halogens is 1. The van der Waals surface area contributed by atoms with E-state index in [0.29, 0.717) is 45.4 Å². The minimum Gasteiger partial charge on any atom is -0.490 e. The van der Waals surface area contributed by atoms with Crippen LogP contribution in [0.1, 0.15) is 46.0 Å². The Morgan fingerprint density at radius 1 is 0.974 bits per heavy atom. The van der Waals surface area contributed by atoms with Crippen molar-refractivity contribution in [1.82, 2.24) is 5.16 Å². The summed E-state index contributed by atoms with van der Waals surface area (Å²) < 4.78 is 23.2. The molecule has 9 heteroatoms. The third-order valence-electron chi connectivity index (χ3n) is 6.56. The van der Waals surface area contributed by atoms with Gasteiger partial charge in [0.2, 0.25) is 5.76 Å². The fraction of sp³-hybridized carbons (Fsp3) is 0.167. The summed E-state index contributed by atoms with van der Waals surface area (Å²) in [5.74, 6) is 1.25. The van der Waals surface area contributed by atoms with E-state index in [-0.39, 0.29) is 29.2 Å². The molecule has 0 spiro atoms. The number of amides is 1. The molecule has 0 N–H and O–H groups in total. The van der Waals surface area contributed by atoms with Gasteiger partial charge in [-0.15, -0.1) is 0 Å². The molecule has 0 fully saturated rings. The lowest BCUT2D eigenvalue weighted by Crippen LogP contribution is -2.29. The van der Waals surface area contributed by atoms with E-state index >= 15 is 0 Å². The number of rotatable bonds is 7. The number of nitrogens with zero attached hydrogens (tertiary/aromatic N) is 2. The van der Waals surface area contributed by atoms with Crippen LogP contribution in [0.25, 0.3) is 11.0 Å². The van der Waals surface area contributed by atoms with Crippen molar-refractivity contribution < 1.29 is 23.2 Å². The van der Waals surface area contributed by atoms with Crippen molar-refractivity contribution in [3.8, 4) is 11.5 Å². The number of benzene rings is 3. The molecule has 3 heterocycles. The number of fused-ring (bicyclic) bond motifs is 2. The van der Waals surface area contributed by atoms with Crippen LogP contribution in [0.3, 0.4) is 0 Å². The van der Waals surface area contributed by atoms with Crippen LogP contribution in [0.15, 0.2) is 86.5 Å². The largest absolute Gasteiger partial charge is 0.490 e. The topological polar surface area (TPSA) is 95.0 Å². The van der Waals surface area contributed by atoms with E-state index in [2.05, 4.69) is 5.16 Å². The smallest absolute Gasteiger partial charge is 0.296 e. The molecule has 1 atom stereocenters. The van der Waals surface area contributed by atoms with Crippen LogP contribution in [0.4, 0.5) is 5.82 Å². The van der Waals surface area contributed by atoms with Crippen LogP contribution < -0.4 is 19.8 Å². The van der Waals surface area contributed by atoms with Gasteiger partial charge in [0.1, 0.15) is 18.0 Å². The standard InChI is InChI=1S/C30H23ClN2O6/c1-3-36-24-15-18(12-13-23(24)37-16-19-8-4-6-10-21(19)31)27-26-28(34)20-9-5-7-11-22(20)38-29(26)30(35)33(27)25-14-17(2)39-32-25/h4-15,27H,3,16H2,1-2H3/t27-/m1/s1. The van der Waals surface area contributed by atoms with Crippen molar-refractivity contribution in [1.29, 1.82) is 0 Å². The Labute approximate surface area is 228 Å². The molecule has 0 unspecified atom stereocenters. The minimum absolute atomic E-state index is 0.0265. The molecule has 1 aliphatic rings. The Morgan fingerprint density at radius 3 is 2.54 bits per heavy atom. The number of aryl methyl sites for hydroxylation is 1. The van der Waals surface area contributed by atoms with Gasteiger partial charge >= 0.3 is 0 Å². The highest BCUT2D eigenvalue weighted by Crippen LogP contribution is 2.43. The predicted octanol–water partition coefficient (Wildman–Crippen LogP) is 6.47. The first-order valence-corrected chi connectivity index (χ1v) is 12.8. The third kappa shape index (κ3) is 4.32. The molecule has 0 bridgehead atoms. The molecule has 6 rings (SSSR count). The Morgan fingerprint density at radius 2 is 1.77 bits per heavy atom. The van der Waals surface area contributed by atoms with Gasteiger partial charge in [0.05, 0.1) is 23.6 Å². The third-order valence-corrected chi connectivity index (χ3v) is 6.93. The molecule has 1 amide bonds. The Kier molecular flexibility index (Phi) is 6.32. The van der Waals surface area contributed by atoms with Gasteiger partial charge in [-0.1, -0.05) is 53.2 Å². The molecule has 0 radical (unpaired) electrons. The van der Waals surface area contributed by atoms with Crippen molar-refractivity contribution in [2.45, 2.75) is 26.5 Å². The predicted molar refractivity (Wildman–Crippen MR) is 146 cm³/mol. The second-order valence-electron chi connectivity index (χ2n) is 9.06. The zero-order chi connectivity index (χ0) is 27.1. The van der Waals surface area contributed by atoms with Gasteiger partial charge in [-0.25, -0.2) is 0 Å². The number of hydrogen-bond donors (Lipinski definition) is 0. The monoisotopic (exact) mass is 542 g/mol. The van der Waals surface area contributed by atoms with Crippen molar-refractivity contribution in [2.24, 2.45) is 0 Å². The Bertz CT molecular complexity index is 1780. The average Bonchev–Trinajstić information content (AvgIpc) is 3.49. The molecule has 0 saturated heterocycles. The van der Waals surface area contributed by atoms with Crippen LogP contribution in [0, 0.1) is 6.92 Å². The number of aromatic nitrogens is 1. The number of para-hydroxylation sites is 1. The van der Waals surface area contributed by atoms with Gasteiger partial charge < -0.3 is 18.4 Å². The summed E-state index contributed by atoms with van der Waals surface area (Å²) in [7, 11) is 0. The summed E-state index contributed by atoms with van der Waals surface area (Å²) in [6.45, 7) is 4.22. The maximum Gasteiger partial charge on any atom is 0.296 e. The van der Waals surface area contributed by atoms with Crippen molar-refractivity contribution in [3.63, 3.8) is 0 Å². The highest BCUT2D eigenvalue weighted by Gasteiger charge is 2.45. The van der Waals surface area contributed by atoms with Gasteiger partial charge in [-0.3, -0.25) is 14.5 Å². The number of hydrogen-bond acceptors (Lipinski definition) is 7. The molecule has 39 heavy (non-hydrogen) atoms. The van der Waals surface area contributed by atoms with Crippen molar-refractivity contribution in [2.75, 3.05) is 11.5 Å². The Balaban J connectivity index is 1.48. The van der Waals surface area contributed by atoms with E-state index in [1.165, 1.54) is 4.90 Å². The first kappa shape index (κ1) is 24.8. The summed E-state index contributed by atoms with van der Waals surface area (Å²) in [6.07, 6.45) is 0. The zero-order valence-corrected chi connectivity index (χ0v) is 21.9. The van der Waals surface area contributed by atoms with Crippen LogP contribution in [0.5, 0.6) is 11.5 Å². The molecule has 1 aliphatic heterocycles. The summed E-state index contributed by atoms with van der Waals surface area (Å²) in [5.41, 5.74) is 1.73. The summed E-state index contributed by atoms with van der Waals surface area (Å²) >= 11 is 6.30. The SMILES string of the molecule is CCOc1cc([C@@H]2c3c(oc4ccccc4c3=O)C(=O)N2c2cc(C)on2)ccc1OCc1ccccc1Cl. The van der Waals surface area contributed by atoms with E-state index in [1.54, 1.807) is 61.5 Å². The normalized spacial score (nSPS) is 14.6. The first-order chi connectivity index (χ1) is 19.0. The maximum atomic E-state index is 13.7. The lowest BCUT2D eigenvalue weighted by Gasteiger charge is -2.23. The maximum absolute atomic E-state index is 13.7. The van der Waals surface area contributed by atoms with Crippen LogP contribution in [0.2, 0.25) is 5.02 Å². The lowest BCUT2D eigenvalue weighted by molar-refractivity contribution is 0.0969. The molecule has 8 nitrogen and oxygen atoms in total. The quantitative estimate of drug-likeness (QED) is 0.232. The van der Waals surface area contributed by atoms with Crippen LogP contribution in [-0.4, -0.2) is 17.7 Å². The molecule has 5 aromatic rings. The van der Waals surface area contributed by atoms with Gasteiger partial charge in [0, 0.05) is 16.7 Å². The van der Waals surface area contributed by atoms with Crippen LogP contribution >= 0.6 is 11.6 Å². The number of carbonyl (C=O) groups excluding carboxylic acids is 1. The fourth-order valence-electron chi connectivity index (χ4n) is 4.79. The van der Waals surface area contributed by atoms with E-state index in [0.717, 1.165) is 5.56 Å². The second-order valence-corrected chi connectivity index (χ2v) is 9.47. The van der Waals surface area contributed by atoms with Gasteiger partial charge in [-0.05, 0) is 49.7 Å². The van der Waals surface area contributed by atoms with Crippen LogP contribution in [-0.2, 0) is 6.61 Å². The zero-order valence-electron chi connectivity index (χ0n) is 21.1. The van der Waals surface area contributed by atoms with E-state index in [1.807, 2.05) is 25.1 Å². The number of anilines is 1. The second kappa shape index (κ2) is 9.96. The minimum atomic E-state index is -0.824. The van der Waals surface area contributed by atoms with Crippen molar-refractivity contribution in [3.05, 3.63) is 116 Å². The molecular formula is C30H23ClN2O6. The molecule has 2 aromatic heterocycles.